The summed E-state index contributed by atoms with van der Waals surface area (Å²) in [4.78, 5) is 5.32. The molecule has 4 rings (SSSR count). The van der Waals surface area contributed by atoms with Gasteiger partial charge in [-0.1, -0.05) is 32.1 Å². The summed E-state index contributed by atoms with van der Waals surface area (Å²) in [5, 5.41) is 18.5. The highest BCUT2D eigenvalue weighted by molar-refractivity contribution is 8.00. The molecule has 0 N–H and O–H groups in total. The van der Waals surface area contributed by atoms with E-state index in [0.717, 1.165) is 43.0 Å². The topological polar surface area (TPSA) is 50.8 Å². The number of rotatable bonds is 2. The van der Waals surface area contributed by atoms with E-state index in [2.05, 4.69) is 55.2 Å². The number of thioether (sulfide) groups is 2. The molecule has 3 nitrogen and oxygen atoms in total. The number of nitriles is 2. The number of hydrogen-bond donors (Lipinski definition) is 0. The standard InChI is InChI=1S/C23H23N3S2/c1-23(2)12-17(9-18(13-23)19(14-24)15-25)4-3-16-10-20-22-21(11-16)28-8-6-26(22)5-7-27-20/h3-4,9-11H,5-8,12-13H2,1-2H3/b4-3+. The van der Waals surface area contributed by atoms with E-state index in [0.29, 0.717) is 0 Å². The molecule has 5 heteroatoms. The van der Waals surface area contributed by atoms with Crippen LogP contribution in [-0.2, 0) is 0 Å². The van der Waals surface area contributed by atoms with Crippen molar-refractivity contribution in [3.05, 3.63) is 46.6 Å². The summed E-state index contributed by atoms with van der Waals surface area (Å²) in [5.41, 5.74) is 5.00. The Bertz CT molecular complexity index is 939. The average Bonchev–Trinajstić information content (AvgIpc) is 2.67. The molecular formula is C23H23N3S2. The zero-order chi connectivity index (χ0) is 19.7. The van der Waals surface area contributed by atoms with Crippen LogP contribution in [0.3, 0.4) is 0 Å². The van der Waals surface area contributed by atoms with Gasteiger partial charge in [0.2, 0.25) is 0 Å². The van der Waals surface area contributed by atoms with Crippen LogP contribution in [0.15, 0.2) is 50.8 Å². The molecule has 0 spiro atoms. The van der Waals surface area contributed by atoms with Crippen molar-refractivity contribution in [2.75, 3.05) is 29.5 Å². The minimum atomic E-state index is 0.0523. The number of nitrogens with zero attached hydrogens (tertiary/aromatic N) is 3. The van der Waals surface area contributed by atoms with Crippen molar-refractivity contribution in [1.82, 2.24) is 0 Å². The fourth-order valence-electron chi connectivity index (χ4n) is 4.19. The van der Waals surface area contributed by atoms with Gasteiger partial charge in [-0.3, -0.25) is 0 Å². The van der Waals surface area contributed by atoms with Gasteiger partial charge >= 0.3 is 0 Å². The second-order valence-electron chi connectivity index (χ2n) is 8.24. The highest BCUT2D eigenvalue weighted by atomic mass is 32.2. The Hall–Kier alpha value is -2.08. The first-order valence-electron chi connectivity index (χ1n) is 9.60. The highest BCUT2D eigenvalue weighted by Crippen LogP contribution is 2.45. The van der Waals surface area contributed by atoms with E-state index in [9.17, 15) is 10.5 Å². The normalized spacial score (nSPS) is 20.2. The van der Waals surface area contributed by atoms with Crippen LogP contribution < -0.4 is 4.90 Å². The van der Waals surface area contributed by atoms with Crippen LogP contribution in [0, 0.1) is 28.1 Å². The second kappa shape index (κ2) is 7.74. The van der Waals surface area contributed by atoms with Gasteiger partial charge in [-0.05, 0) is 47.1 Å². The number of benzene rings is 1. The molecule has 0 saturated carbocycles. The van der Waals surface area contributed by atoms with E-state index in [-0.39, 0.29) is 11.0 Å². The Morgan fingerprint density at radius 3 is 2.29 bits per heavy atom. The van der Waals surface area contributed by atoms with Gasteiger partial charge in [-0.25, -0.2) is 0 Å². The van der Waals surface area contributed by atoms with E-state index < -0.39 is 0 Å². The fourth-order valence-corrected chi connectivity index (χ4v) is 6.51. The maximum Gasteiger partial charge on any atom is 0.132 e. The minimum absolute atomic E-state index is 0.0523. The quantitative estimate of drug-likeness (QED) is 0.581. The second-order valence-corrected chi connectivity index (χ2v) is 10.5. The maximum atomic E-state index is 9.25. The summed E-state index contributed by atoms with van der Waals surface area (Å²) < 4.78 is 0. The van der Waals surface area contributed by atoms with Crippen molar-refractivity contribution in [1.29, 1.82) is 10.5 Å². The molecule has 3 aliphatic rings. The smallest absolute Gasteiger partial charge is 0.132 e. The monoisotopic (exact) mass is 405 g/mol. The SMILES string of the molecule is CC1(C)CC(/C=C/c2cc3c4c(c2)SCCN4CCS3)=CC(=C(C#N)C#N)C1. The Balaban J connectivity index is 1.67. The predicted molar refractivity (Wildman–Crippen MR) is 118 cm³/mol. The van der Waals surface area contributed by atoms with Gasteiger partial charge < -0.3 is 4.90 Å². The van der Waals surface area contributed by atoms with Crippen LogP contribution in [0.1, 0.15) is 32.3 Å². The first kappa shape index (κ1) is 19.2. The van der Waals surface area contributed by atoms with Crippen molar-refractivity contribution in [3.63, 3.8) is 0 Å². The lowest BCUT2D eigenvalue weighted by atomic mass is 9.74. The van der Waals surface area contributed by atoms with Crippen molar-refractivity contribution in [2.45, 2.75) is 36.5 Å². The Labute approximate surface area is 175 Å². The van der Waals surface area contributed by atoms with Crippen molar-refractivity contribution in [2.24, 2.45) is 5.41 Å². The average molecular weight is 406 g/mol. The molecule has 0 fully saturated rings. The third kappa shape index (κ3) is 3.88. The Kier molecular flexibility index (Phi) is 5.32. The lowest BCUT2D eigenvalue weighted by Gasteiger charge is -2.36. The van der Waals surface area contributed by atoms with E-state index in [1.807, 2.05) is 29.6 Å². The van der Waals surface area contributed by atoms with Crippen LogP contribution in [0.4, 0.5) is 5.69 Å². The van der Waals surface area contributed by atoms with Crippen LogP contribution in [0.25, 0.3) is 6.08 Å². The first-order valence-corrected chi connectivity index (χ1v) is 11.6. The largest absolute Gasteiger partial charge is 0.368 e. The van der Waals surface area contributed by atoms with E-state index in [1.165, 1.54) is 26.6 Å². The lowest BCUT2D eigenvalue weighted by molar-refractivity contribution is 0.354. The maximum absolute atomic E-state index is 9.25. The molecule has 0 atom stereocenters. The van der Waals surface area contributed by atoms with E-state index >= 15 is 0 Å². The predicted octanol–water partition coefficient (Wildman–Crippen LogP) is 5.81. The number of anilines is 1. The molecule has 2 aliphatic heterocycles. The Morgan fingerprint density at radius 2 is 1.68 bits per heavy atom. The summed E-state index contributed by atoms with van der Waals surface area (Å²) in [6.07, 6.45) is 8.12. The number of hydrogen-bond acceptors (Lipinski definition) is 5. The van der Waals surface area contributed by atoms with Gasteiger partial charge in [-0.15, -0.1) is 23.5 Å². The van der Waals surface area contributed by atoms with Gasteiger partial charge in [0.1, 0.15) is 17.7 Å². The minimum Gasteiger partial charge on any atom is -0.368 e. The summed E-state index contributed by atoms with van der Waals surface area (Å²) >= 11 is 3.92. The fraction of sp³-hybridized carbons (Fsp3) is 0.391. The zero-order valence-corrected chi connectivity index (χ0v) is 17.9. The third-order valence-electron chi connectivity index (χ3n) is 5.36. The van der Waals surface area contributed by atoms with Gasteiger partial charge in [0.05, 0.1) is 5.69 Å². The van der Waals surface area contributed by atoms with Gasteiger partial charge in [0.25, 0.3) is 0 Å². The molecule has 0 radical (unpaired) electrons. The van der Waals surface area contributed by atoms with Crippen LogP contribution >= 0.6 is 23.5 Å². The summed E-state index contributed by atoms with van der Waals surface area (Å²) in [7, 11) is 0. The zero-order valence-electron chi connectivity index (χ0n) is 16.3. The van der Waals surface area contributed by atoms with Crippen LogP contribution in [0.5, 0.6) is 0 Å². The van der Waals surface area contributed by atoms with Crippen LogP contribution in [-0.4, -0.2) is 24.6 Å². The molecule has 28 heavy (non-hydrogen) atoms. The molecule has 1 aromatic carbocycles. The van der Waals surface area contributed by atoms with Crippen molar-refractivity contribution < 1.29 is 0 Å². The van der Waals surface area contributed by atoms with E-state index in [1.54, 1.807) is 0 Å². The van der Waals surface area contributed by atoms with Gasteiger partial charge in [-0.2, -0.15) is 10.5 Å². The molecule has 0 saturated heterocycles. The molecule has 1 aliphatic carbocycles. The molecular weight excluding hydrogens is 382 g/mol. The lowest BCUT2D eigenvalue weighted by Crippen LogP contribution is -2.34. The molecule has 0 amide bonds. The third-order valence-corrected chi connectivity index (χ3v) is 7.38. The van der Waals surface area contributed by atoms with Gasteiger partial charge in [0.15, 0.2) is 0 Å². The first-order chi connectivity index (χ1) is 13.5. The van der Waals surface area contributed by atoms with Crippen molar-refractivity contribution in [3.8, 4) is 12.1 Å². The van der Waals surface area contributed by atoms with Gasteiger partial charge in [0, 0.05) is 34.4 Å². The summed E-state index contributed by atoms with van der Waals surface area (Å²) in [6.45, 7) is 6.70. The summed E-state index contributed by atoms with van der Waals surface area (Å²) in [5.74, 6) is 2.31. The van der Waals surface area contributed by atoms with Crippen LogP contribution in [0.2, 0.25) is 0 Å². The molecule has 0 aromatic heterocycles. The van der Waals surface area contributed by atoms with E-state index in [4.69, 9.17) is 0 Å². The molecule has 142 valence electrons. The van der Waals surface area contributed by atoms with Crippen molar-refractivity contribution >= 4 is 35.3 Å². The molecule has 0 bridgehead atoms. The number of allylic oxidation sites excluding steroid dienone is 5. The summed E-state index contributed by atoms with van der Waals surface area (Å²) in [6, 6.07) is 8.72. The molecule has 1 aromatic rings. The molecule has 2 heterocycles. The molecule has 0 unspecified atom stereocenters. The highest BCUT2D eigenvalue weighted by Gasteiger charge is 2.27. The Morgan fingerprint density at radius 1 is 1.04 bits per heavy atom.